The fourth-order valence-electron chi connectivity index (χ4n) is 5.31. The zero-order chi connectivity index (χ0) is 22.4. The van der Waals surface area contributed by atoms with Crippen molar-refractivity contribution >= 4 is 0 Å². The van der Waals surface area contributed by atoms with E-state index in [9.17, 15) is 17.6 Å². The molecule has 3 rings (SSSR count). The van der Waals surface area contributed by atoms with Gasteiger partial charge in [0.05, 0.1) is 18.8 Å². The maximum atomic E-state index is 14.6. The van der Waals surface area contributed by atoms with Crippen LogP contribution in [0.25, 0.3) is 0 Å². The zero-order valence-electron chi connectivity index (χ0n) is 18.5. The Morgan fingerprint density at radius 2 is 1.55 bits per heavy atom. The first-order valence-electron chi connectivity index (χ1n) is 11.5. The van der Waals surface area contributed by atoms with Crippen LogP contribution in [0.2, 0.25) is 0 Å². The van der Waals surface area contributed by atoms with Crippen LogP contribution >= 0.6 is 0 Å². The summed E-state index contributed by atoms with van der Waals surface area (Å²) in [7, 11) is 1.15. The lowest BCUT2D eigenvalue weighted by Gasteiger charge is -2.38. The molecule has 0 atom stereocenters. The first kappa shape index (κ1) is 24.1. The monoisotopic (exact) mass is 442 g/mol. The van der Waals surface area contributed by atoms with Gasteiger partial charge < -0.3 is 9.47 Å². The molecule has 0 N–H and O–H groups in total. The topological polar surface area (TPSA) is 18.5 Å². The summed E-state index contributed by atoms with van der Waals surface area (Å²) in [5.41, 5.74) is -1.08. The molecule has 6 heteroatoms. The molecule has 2 aliphatic rings. The molecule has 0 spiro atoms. The van der Waals surface area contributed by atoms with E-state index < -0.39 is 35.2 Å². The Balaban J connectivity index is 1.48. The SMILES string of the molecule is C/C=C/CCC1CCC(C2CCC(OC(F)(F)c3ccc(OC)c(F)c3F)CC2)CC1. The summed E-state index contributed by atoms with van der Waals surface area (Å²) in [5, 5.41) is 0. The molecular weight excluding hydrogens is 408 g/mol. The van der Waals surface area contributed by atoms with Crippen LogP contribution in [0.5, 0.6) is 5.75 Å². The molecule has 0 aromatic heterocycles. The van der Waals surface area contributed by atoms with Crippen LogP contribution in [-0.4, -0.2) is 13.2 Å². The Bertz CT molecular complexity index is 733. The number of ether oxygens (including phenoxy) is 2. The van der Waals surface area contributed by atoms with E-state index in [1.165, 1.54) is 32.1 Å². The molecule has 1 aromatic rings. The van der Waals surface area contributed by atoms with E-state index in [1.54, 1.807) is 0 Å². The fourth-order valence-corrected chi connectivity index (χ4v) is 5.31. The average molecular weight is 443 g/mol. The lowest BCUT2D eigenvalue weighted by atomic mass is 9.70. The summed E-state index contributed by atoms with van der Waals surface area (Å²) in [6.45, 7) is 2.05. The van der Waals surface area contributed by atoms with Crippen LogP contribution in [0.15, 0.2) is 24.3 Å². The predicted molar refractivity (Wildman–Crippen MR) is 113 cm³/mol. The molecule has 0 heterocycles. The number of allylic oxidation sites excluding steroid dienone is 2. The van der Waals surface area contributed by atoms with Gasteiger partial charge in [0.2, 0.25) is 5.82 Å². The summed E-state index contributed by atoms with van der Waals surface area (Å²) >= 11 is 0. The number of hydrogen-bond donors (Lipinski definition) is 0. The number of benzene rings is 1. The zero-order valence-corrected chi connectivity index (χ0v) is 18.5. The quantitative estimate of drug-likeness (QED) is 0.302. The van der Waals surface area contributed by atoms with E-state index in [2.05, 4.69) is 23.8 Å². The van der Waals surface area contributed by atoms with Crippen molar-refractivity contribution in [3.63, 3.8) is 0 Å². The summed E-state index contributed by atoms with van der Waals surface area (Å²) in [4.78, 5) is 0. The molecule has 2 aliphatic carbocycles. The first-order chi connectivity index (χ1) is 14.9. The highest BCUT2D eigenvalue weighted by atomic mass is 19.3. The van der Waals surface area contributed by atoms with Crippen LogP contribution in [0, 0.1) is 29.4 Å². The van der Waals surface area contributed by atoms with Crippen LogP contribution < -0.4 is 4.74 Å². The Labute approximate surface area is 183 Å². The third-order valence-electron chi connectivity index (χ3n) is 7.15. The third kappa shape index (κ3) is 6.03. The summed E-state index contributed by atoms with van der Waals surface area (Å²) in [5.74, 6) is -1.41. The minimum absolute atomic E-state index is 0.408. The predicted octanol–water partition coefficient (Wildman–Crippen LogP) is 7.76. The molecule has 0 unspecified atom stereocenters. The summed E-state index contributed by atoms with van der Waals surface area (Å²) < 4.78 is 66.7. The number of hydrogen-bond acceptors (Lipinski definition) is 2. The molecule has 31 heavy (non-hydrogen) atoms. The first-order valence-corrected chi connectivity index (χ1v) is 11.5. The van der Waals surface area contributed by atoms with Crippen LogP contribution in [0.1, 0.15) is 76.7 Å². The van der Waals surface area contributed by atoms with E-state index in [1.807, 2.05) is 0 Å². The largest absolute Gasteiger partial charge is 0.494 e. The smallest absolute Gasteiger partial charge is 0.386 e. The average Bonchev–Trinajstić information content (AvgIpc) is 2.76. The lowest BCUT2D eigenvalue weighted by molar-refractivity contribution is -0.280. The highest BCUT2D eigenvalue weighted by Gasteiger charge is 2.41. The number of rotatable bonds is 8. The minimum Gasteiger partial charge on any atom is -0.494 e. The second kappa shape index (κ2) is 10.8. The van der Waals surface area contributed by atoms with Crippen molar-refractivity contribution in [1.29, 1.82) is 0 Å². The Hall–Kier alpha value is -1.56. The van der Waals surface area contributed by atoms with Gasteiger partial charge in [-0.15, -0.1) is 0 Å². The van der Waals surface area contributed by atoms with Gasteiger partial charge in [-0.25, -0.2) is 4.39 Å². The van der Waals surface area contributed by atoms with E-state index in [-0.39, 0.29) is 0 Å². The summed E-state index contributed by atoms with van der Waals surface area (Å²) in [6.07, 6.45) is 9.98. The molecule has 1 aromatic carbocycles. The van der Waals surface area contributed by atoms with Gasteiger partial charge in [-0.2, -0.15) is 13.2 Å². The van der Waals surface area contributed by atoms with Gasteiger partial charge in [-0.1, -0.05) is 25.0 Å². The van der Waals surface area contributed by atoms with Crippen molar-refractivity contribution in [2.24, 2.45) is 17.8 Å². The normalized spacial score (nSPS) is 27.5. The van der Waals surface area contributed by atoms with Gasteiger partial charge in [0, 0.05) is 0 Å². The molecule has 174 valence electrons. The molecule has 0 saturated heterocycles. The second-order valence-electron chi connectivity index (χ2n) is 9.04. The minimum atomic E-state index is -3.88. The van der Waals surface area contributed by atoms with Gasteiger partial charge >= 0.3 is 6.11 Å². The van der Waals surface area contributed by atoms with Gasteiger partial charge in [0.15, 0.2) is 11.6 Å². The van der Waals surface area contributed by atoms with E-state index >= 15 is 0 Å². The molecule has 2 nitrogen and oxygen atoms in total. The molecular formula is C25H34F4O2. The number of methoxy groups -OCH3 is 1. The summed E-state index contributed by atoms with van der Waals surface area (Å²) in [6, 6.07) is 1.83. The van der Waals surface area contributed by atoms with E-state index in [4.69, 9.17) is 4.74 Å². The van der Waals surface area contributed by atoms with E-state index in [0.29, 0.717) is 24.7 Å². The molecule has 0 amide bonds. The Kier molecular flexibility index (Phi) is 8.43. The number of alkyl halides is 2. The third-order valence-corrected chi connectivity index (χ3v) is 7.15. The van der Waals surface area contributed by atoms with Crippen molar-refractivity contribution in [3.8, 4) is 5.75 Å². The molecule has 0 bridgehead atoms. The van der Waals surface area contributed by atoms with Crippen molar-refractivity contribution < 1.29 is 27.0 Å². The molecule has 2 saturated carbocycles. The molecule has 2 fully saturated rings. The van der Waals surface area contributed by atoms with Crippen LogP contribution in [0.3, 0.4) is 0 Å². The van der Waals surface area contributed by atoms with Crippen LogP contribution in [0.4, 0.5) is 17.6 Å². The van der Waals surface area contributed by atoms with Gasteiger partial charge in [-0.05, 0) is 88.2 Å². The Morgan fingerprint density at radius 1 is 0.935 bits per heavy atom. The van der Waals surface area contributed by atoms with Crippen LogP contribution in [-0.2, 0) is 10.8 Å². The van der Waals surface area contributed by atoms with Gasteiger partial charge in [0.25, 0.3) is 0 Å². The molecule has 0 aliphatic heterocycles. The molecule has 0 radical (unpaired) electrons. The van der Waals surface area contributed by atoms with Crippen molar-refractivity contribution in [2.45, 2.75) is 83.3 Å². The van der Waals surface area contributed by atoms with Gasteiger partial charge in [0.1, 0.15) is 0 Å². The van der Waals surface area contributed by atoms with Crippen molar-refractivity contribution in [3.05, 3.63) is 41.5 Å². The lowest BCUT2D eigenvalue weighted by Crippen LogP contribution is -2.33. The van der Waals surface area contributed by atoms with E-state index in [0.717, 1.165) is 44.4 Å². The second-order valence-corrected chi connectivity index (χ2v) is 9.04. The number of halogens is 4. The fraction of sp³-hybridized carbons (Fsp3) is 0.680. The van der Waals surface area contributed by atoms with Gasteiger partial charge in [-0.3, -0.25) is 0 Å². The highest BCUT2D eigenvalue weighted by molar-refractivity contribution is 5.32. The maximum absolute atomic E-state index is 14.6. The van der Waals surface area contributed by atoms with Crippen molar-refractivity contribution in [1.82, 2.24) is 0 Å². The standard InChI is InChI=1S/C25H34F4O2/c1-3-4-5-6-17-7-9-18(10-8-17)19-11-13-20(14-12-19)31-25(28,29)21-15-16-22(30-2)24(27)23(21)26/h3-4,15-20H,5-14H2,1-2H3/b4-3+. The highest BCUT2D eigenvalue weighted by Crippen LogP contribution is 2.43. The Morgan fingerprint density at radius 3 is 2.13 bits per heavy atom. The maximum Gasteiger partial charge on any atom is 0.386 e. The van der Waals surface area contributed by atoms with Crippen molar-refractivity contribution in [2.75, 3.05) is 7.11 Å².